The number of rotatable bonds is 1. The van der Waals surface area contributed by atoms with Crippen molar-refractivity contribution in [2.75, 3.05) is 0 Å². The summed E-state index contributed by atoms with van der Waals surface area (Å²) in [6.07, 6.45) is -0.627. The SMILES string of the molecule is NC(N)n1nnc2ccccc21. The maximum absolute atomic E-state index is 5.46. The maximum atomic E-state index is 5.46. The van der Waals surface area contributed by atoms with Gasteiger partial charge in [0.15, 0.2) is 6.29 Å². The molecule has 2 rings (SSSR count). The average molecular weight is 163 g/mol. The van der Waals surface area contributed by atoms with Crippen molar-refractivity contribution in [3.63, 3.8) is 0 Å². The van der Waals surface area contributed by atoms with Crippen LogP contribution in [0.1, 0.15) is 6.29 Å². The predicted octanol–water partition coefficient (Wildman–Crippen LogP) is -0.195. The molecular formula is C7H9N5. The molecule has 2 aromatic rings. The lowest BCUT2D eigenvalue weighted by Gasteiger charge is -2.04. The summed E-state index contributed by atoms with van der Waals surface area (Å²) < 4.78 is 1.48. The smallest absolute Gasteiger partial charge is 0.152 e. The average Bonchev–Trinajstić information content (AvgIpc) is 2.47. The lowest BCUT2D eigenvalue weighted by atomic mass is 10.3. The van der Waals surface area contributed by atoms with Gasteiger partial charge in [-0.15, -0.1) is 5.10 Å². The molecule has 0 aliphatic carbocycles. The van der Waals surface area contributed by atoms with E-state index < -0.39 is 6.29 Å². The van der Waals surface area contributed by atoms with Gasteiger partial charge in [-0.25, -0.2) is 4.68 Å². The minimum Gasteiger partial charge on any atom is -0.297 e. The van der Waals surface area contributed by atoms with Gasteiger partial charge in [-0.2, -0.15) is 0 Å². The van der Waals surface area contributed by atoms with Crippen LogP contribution in [0.4, 0.5) is 0 Å². The topological polar surface area (TPSA) is 82.8 Å². The molecule has 0 unspecified atom stereocenters. The van der Waals surface area contributed by atoms with E-state index >= 15 is 0 Å². The first kappa shape index (κ1) is 7.20. The molecule has 0 amide bonds. The zero-order valence-electron chi connectivity index (χ0n) is 6.38. The lowest BCUT2D eigenvalue weighted by Crippen LogP contribution is -2.28. The van der Waals surface area contributed by atoms with E-state index in [0.29, 0.717) is 0 Å². The van der Waals surface area contributed by atoms with Gasteiger partial charge in [0.2, 0.25) is 0 Å². The zero-order valence-corrected chi connectivity index (χ0v) is 6.38. The lowest BCUT2D eigenvalue weighted by molar-refractivity contribution is 0.486. The molecule has 12 heavy (non-hydrogen) atoms. The standard InChI is InChI=1S/C7H9N5/c8-7(9)12-6-4-2-1-3-5(6)10-11-12/h1-4,7H,8-9H2. The van der Waals surface area contributed by atoms with Crippen molar-refractivity contribution in [2.24, 2.45) is 11.5 Å². The highest BCUT2D eigenvalue weighted by molar-refractivity contribution is 5.73. The van der Waals surface area contributed by atoms with Crippen molar-refractivity contribution in [1.82, 2.24) is 15.0 Å². The molecule has 0 fully saturated rings. The Morgan fingerprint density at radius 3 is 2.75 bits per heavy atom. The van der Waals surface area contributed by atoms with E-state index in [2.05, 4.69) is 10.3 Å². The molecule has 0 aliphatic heterocycles. The van der Waals surface area contributed by atoms with Crippen LogP contribution < -0.4 is 11.5 Å². The Hall–Kier alpha value is -1.46. The predicted molar refractivity (Wildman–Crippen MR) is 44.9 cm³/mol. The molecule has 0 atom stereocenters. The fourth-order valence-corrected chi connectivity index (χ4v) is 1.11. The molecule has 0 spiro atoms. The van der Waals surface area contributed by atoms with E-state index in [1.54, 1.807) is 0 Å². The second-order valence-corrected chi connectivity index (χ2v) is 2.51. The summed E-state index contributed by atoms with van der Waals surface area (Å²) in [5, 5.41) is 7.70. The summed E-state index contributed by atoms with van der Waals surface area (Å²) in [5.41, 5.74) is 12.6. The Morgan fingerprint density at radius 1 is 1.25 bits per heavy atom. The zero-order chi connectivity index (χ0) is 8.55. The van der Waals surface area contributed by atoms with Crippen LogP contribution in [-0.4, -0.2) is 15.0 Å². The molecule has 0 saturated carbocycles. The van der Waals surface area contributed by atoms with Crippen molar-refractivity contribution in [3.8, 4) is 0 Å². The van der Waals surface area contributed by atoms with Gasteiger partial charge in [-0.3, -0.25) is 11.5 Å². The van der Waals surface area contributed by atoms with Crippen molar-refractivity contribution < 1.29 is 0 Å². The summed E-state index contributed by atoms with van der Waals surface area (Å²) in [7, 11) is 0. The number of nitrogens with two attached hydrogens (primary N) is 2. The van der Waals surface area contributed by atoms with Crippen LogP contribution in [0, 0.1) is 0 Å². The molecular weight excluding hydrogens is 154 g/mol. The molecule has 1 aromatic carbocycles. The maximum Gasteiger partial charge on any atom is 0.152 e. The summed E-state index contributed by atoms with van der Waals surface area (Å²) >= 11 is 0. The third-order valence-electron chi connectivity index (χ3n) is 1.66. The summed E-state index contributed by atoms with van der Waals surface area (Å²) in [6.45, 7) is 0. The van der Waals surface area contributed by atoms with Gasteiger partial charge in [-0.05, 0) is 12.1 Å². The second-order valence-electron chi connectivity index (χ2n) is 2.51. The van der Waals surface area contributed by atoms with Crippen molar-refractivity contribution in [1.29, 1.82) is 0 Å². The summed E-state index contributed by atoms with van der Waals surface area (Å²) in [5.74, 6) is 0. The molecule has 62 valence electrons. The van der Waals surface area contributed by atoms with Gasteiger partial charge in [0.1, 0.15) is 5.52 Å². The highest BCUT2D eigenvalue weighted by Crippen LogP contribution is 2.10. The largest absolute Gasteiger partial charge is 0.297 e. The molecule has 4 N–H and O–H groups in total. The quantitative estimate of drug-likeness (QED) is 0.570. The number of nitrogens with zero attached hydrogens (tertiary/aromatic N) is 3. The second kappa shape index (κ2) is 2.54. The molecule has 1 heterocycles. The fraction of sp³-hybridized carbons (Fsp3) is 0.143. The van der Waals surface area contributed by atoms with Crippen LogP contribution >= 0.6 is 0 Å². The van der Waals surface area contributed by atoms with Gasteiger partial charge < -0.3 is 0 Å². The minimum atomic E-state index is -0.627. The third kappa shape index (κ3) is 0.956. The Bertz CT molecular complexity index is 391. The Kier molecular flexibility index (Phi) is 1.53. The van der Waals surface area contributed by atoms with Gasteiger partial charge >= 0.3 is 0 Å². The van der Waals surface area contributed by atoms with Crippen LogP contribution in [0.5, 0.6) is 0 Å². The molecule has 0 saturated heterocycles. The van der Waals surface area contributed by atoms with Gasteiger partial charge in [0, 0.05) is 0 Å². The minimum absolute atomic E-state index is 0.627. The van der Waals surface area contributed by atoms with E-state index in [4.69, 9.17) is 11.5 Å². The molecule has 0 radical (unpaired) electrons. The Balaban J connectivity index is 2.70. The number of aromatic nitrogens is 3. The van der Waals surface area contributed by atoms with E-state index in [0.717, 1.165) is 11.0 Å². The molecule has 0 bridgehead atoms. The first-order valence-corrected chi connectivity index (χ1v) is 3.60. The highest BCUT2D eigenvalue weighted by Gasteiger charge is 2.05. The van der Waals surface area contributed by atoms with E-state index in [-0.39, 0.29) is 0 Å². The van der Waals surface area contributed by atoms with Gasteiger partial charge in [-0.1, -0.05) is 17.3 Å². The Labute approximate surface area is 69.0 Å². The van der Waals surface area contributed by atoms with Crippen LogP contribution in [0.15, 0.2) is 24.3 Å². The summed E-state index contributed by atoms with van der Waals surface area (Å²) in [4.78, 5) is 0. The number of fused-ring (bicyclic) bond motifs is 1. The van der Waals surface area contributed by atoms with Crippen molar-refractivity contribution >= 4 is 11.0 Å². The monoisotopic (exact) mass is 163 g/mol. The van der Waals surface area contributed by atoms with E-state index in [1.807, 2.05) is 24.3 Å². The van der Waals surface area contributed by atoms with Crippen LogP contribution in [0.25, 0.3) is 11.0 Å². The molecule has 5 nitrogen and oxygen atoms in total. The molecule has 5 heteroatoms. The number of hydrogen-bond acceptors (Lipinski definition) is 4. The first-order chi connectivity index (χ1) is 5.79. The molecule has 0 aliphatic rings. The highest BCUT2D eigenvalue weighted by atomic mass is 15.5. The van der Waals surface area contributed by atoms with E-state index in [9.17, 15) is 0 Å². The number of hydrogen-bond donors (Lipinski definition) is 2. The fourth-order valence-electron chi connectivity index (χ4n) is 1.11. The number of benzene rings is 1. The third-order valence-corrected chi connectivity index (χ3v) is 1.66. The number of para-hydroxylation sites is 1. The van der Waals surface area contributed by atoms with Crippen molar-refractivity contribution in [2.45, 2.75) is 6.29 Å². The normalized spacial score (nSPS) is 11.2. The Morgan fingerprint density at radius 2 is 2.00 bits per heavy atom. The summed E-state index contributed by atoms with van der Waals surface area (Å²) in [6, 6.07) is 7.53. The van der Waals surface area contributed by atoms with Crippen LogP contribution in [0.2, 0.25) is 0 Å². The first-order valence-electron chi connectivity index (χ1n) is 3.60. The van der Waals surface area contributed by atoms with Gasteiger partial charge in [0.25, 0.3) is 0 Å². The van der Waals surface area contributed by atoms with Crippen LogP contribution in [-0.2, 0) is 0 Å². The van der Waals surface area contributed by atoms with Crippen molar-refractivity contribution in [3.05, 3.63) is 24.3 Å². The molecule has 1 aromatic heterocycles. The van der Waals surface area contributed by atoms with E-state index in [1.165, 1.54) is 4.68 Å². The van der Waals surface area contributed by atoms with Gasteiger partial charge in [0.05, 0.1) is 5.52 Å². The van der Waals surface area contributed by atoms with Crippen LogP contribution in [0.3, 0.4) is 0 Å².